The summed E-state index contributed by atoms with van der Waals surface area (Å²) in [5.74, 6) is 0.743. The number of rotatable bonds is 7. The SMILES string of the molecule is C=CCOc1ccccc1/C=C1\SC(=O)N(c2ccccc2OCC)C1=O. The summed E-state index contributed by atoms with van der Waals surface area (Å²) >= 11 is 0.898. The maximum atomic E-state index is 12.9. The largest absolute Gasteiger partial charge is 0.492 e. The maximum Gasteiger partial charge on any atom is 0.298 e. The Morgan fingerprint density at radius 3 is 2.48 bits per heavy atom. The van der Waals surface area contributed by atoms with Crippen molar-refractivity contribution < 1.29 is 19.1 Å². The molecule has 1 saturated heterocycles. The van der Waals surface area contributed by atoms with Gasteiger partial charge < -0.3 is 9.47 Å². The lowest BCUT2D eigenvalue weighted by Gasteiger charge is -2.16. The molecule has 5 nitrogen and oxygen atoms in total. The molecule has 0 aliphatic carbocycles. The molecule has 0 saturated carbocycles. The number of benzene rings is 2. The second kappa shape index (κ2) is 8.60. The number of imide groups is 1. The van der Waals surface area contributed by atoms with Crippen LogP contribution in [0.25, 0.3) is 6.08 Å². The number of ether oxygens (including phenoxy) is 2. The Morgan fingerprint density at radius 1 is 1.04 bits per heavy atom. The lowest BCUT2D eigenvalue weighted by Crippen LogP contribution is -2.28. The molecule has 27 heavy (non-hydrogen) atoms. The van der Waals surface area contributed by atoms with E-state index in [4.69, 9.17) is 9.47 Å². The van der Waals surface area contributed by atoms with Gasteiger partial charge in [-0.05, 0) is 43.0 Å². The number of para-hydroxylation sites is 3. The molecule has 0 atom stereocenters. The highest BCUT2D eigenvalue weighted by Crippen LogP contribution is 2.40. The normalized spacial score (nSPS) is 15.3. The minimum Gasteiger partial charge on any atom is -0.492 e. The van der Waals surface area contributed by atoms with Crippen molar-refractivity contribution in [3.63, 3.8) is 0 Å². The van der Waals surface area contributed by atoms with Crippen LogP contribution in [-0.2, 0) is 4.79 Å². The lowest BCUT2D eigenvalue weighted by molar-refractivity contribution is -0.113. The third kappa shape index (κ3) is 4.06. The van der Waals surface area contributed by atoms with Gasteiger partial charge in [0.05, 0.1) is 17.2 Å². The van der Waals surface area contributed by atoms with E-state index in [1.165, 1.54) is 0 Å². The molecule has 2 amide bonds. The average Bonchev–Trinajstić information content (AvgIpc) is 2.95. The highest BCUT2D eigenvalue weighted by molar-refractivity contribution is 8.19. The van der Waals surface area contributed by atoms with Gasteiger partial charge in [0, 0.05) is 5.56 Å². The Hall–Kier alpha value is -2.99. The van der Waals surface area contributed by atoms with E-state index in [9.17, 15) is 9.59 Å². The maximum absolute atomic E-state index is 12.9. The van der Waals surface area contributed by atoms with Crippen molar-refractivity contribution in [2.45, 2.75) is 6.92 Å². The van der Waals surface area contributed by atoms with Crippen LogP contribution in [0, 0.1) is 0 Å². The molecular formula is C21H19NO4S. The van der Waals surface area contributed by atoms with Crippen molar-refractivity contribution in [2.75, 3.05) is 18.1 Å². The number of anilines is 1. The summed E-state index contributed by atoms with van der Waals surface area (Å²) in [6.07, 6.45) is 3.32. The Labute approximate surface area is 162 Å². The highest BCUT2D eigenvalue weighted by Gasteiger charge is 2.37. The summed E-state index contributed by atoms with van der Waals surface area (Å²) in [6, 6.07) is 14.3. The quantitative estimate of drug-likeness (QED) is 0.505. The van der Waals surface area contributed by atoms with Crippen LogP contribution in [0.3, 0.4) is 0 Å². The van der Waals surface area contributed by atoms with Crippen molar-refractivity contribution >= 4 is 34.7 Å². The number of carbonyl (C=O) groups is 2. The average molecular weight is 381 g/mol. The van der Waals surface area contributed by atoms with E-state index in [1.54, 1.807) is 36.4 Å². The molecule has 0 spiro atoms. The molecule has 0 radical (unpaired) electrons. The number of hydrogen-bond acceptors (Lipinski definition) is 5. The van der Waals surface area contributed by atoms with E-state index in [0.717, 1.165) is 22.2 Å². The third-order valence-electron chi connectivity index (χ3n) is 3.76. The van der Waals surface area contributed by atoms with Crippen LogP contribution < -0.4 is 14.4 Å². The molecule has 3 rings (SSSR count). The molecule has 1 aliphatic heterocycles. The smallest absolute Gasteiger partial charge is 0.298 e. The third-order valence-corrected chi connectivity index (χ3v) is 4.63. The molecule has 2 aromatic rings. The fourth-order valence-electron chi connectivity index (χ4n) is 2.62. The lowest BCUT2D eigenvalue weighted by atomic mass is 10.2. The number of carbonyl (C=O) groups excluding carboxylic acids is 2. The summed E-state index contributed by atoms with van der Waals surface area (Å²) in [6.45, 7) is 6.28. The van der Waals surface area contributed by atoms with Crippen LogP contribution in [0.15, 0.2) is 66.1 Å². The van der Waals surface area contributed by atoms with E-state index in [-0.39, 0.29) is 11.1 Å². The van der Waals surface area contributed by atoms with Crippen molar-refractivity contribution in [2.24, 2.45) is 0 Å². The summed E-state index contributed by atoms with van der Waals surface area (Å²) in [5, 5.41) is -0.358. The van der Waals surface area contributed by atoms with Gasteiger partial charge in [0.1, 0.15) is 18.1 Å². The van der Waals surface area contributed by atoms with Gasteiger partial charge in [-0.15, -0.1) is 0 Å². The van der Waals surface area contributed by atoms with Crippen LogP contribution in [-0.4, -0.2) is 24.4 Å². The number of thioether (sulfide) groups is 1. The predicted molar refractivity (Wildman–Crippen MR) is 108 cm³/mol. The van der Waals surface area contributed by atoms with Gasteiger partial charge in [-0.1, -0.05) is 43.0 Å². The molecule has 1 aliphatic rings. The Kier molecular flexibility index (Phi) is 5.98. The van der Waals surface area contributed by atoms with Crippen LogP contribution in [0.5, 0.6) is 11.5 Å². The standard InChI is InChI=1S/C21H19NO4S/c1-3-13-26-17-11-7-5-9-15(17)14-19-20(23)22(21(24)27-19)16-10-6-8-12-18(16)25-4-2/h3,5-12,14H,1,4,13H2,2H3/b19-14-. The molecule has 6 heteroatoms. The van der Waals surface area contributed by atoms with E-state index in [0.29, 0.717) is 35.3 Å². The molecule has 0 unspecified atom stereocenters. The Bertz CT molecular complexity index is 907. The first-order chi connectivity index (χ1) is 13.2. The molecule has 138 valence electrons. The van der Waals surface area contributed by atoms with Gasteiger partial charge in [0.15, 0.2) is 0 Å². The number of nitrogens with zero attached hydrogens (tertiary/aromatic N) is 1. The molecule has 1 heterocycles. The van der Waals surface area contributed by atoms with E-state index >= 15 is 0 Å². The summed E-state index contributed by atoms with van der Waals surface area (Å²) < 4.78 is 11.2. The molecule has 0 aromatic heterocycles. The molecule has 1 fully saturated rings. The molecular weight excluding hydrogens is 362 g/mol. The summed E-state index contributed by atoms with van der Waals surface area (Å²) in [5.41, 5.74) is 1.17. The molecule has 0 N–H and O–H groups in total. The Balaban J connectivity index is 1.93. The first-order valence-corrected chi connectivity index (χ1v) is 9.30. The van der Waals surface area contributed by atoms with Gasteiger partial charge >= 0.3 is 0 Å². The Morgan fingerprint density at radius 2 is 1.74 bits per heavy atom. The van der Waals surface area contributed by atoms with Crippen LogP contribution in [0.2, 0.25) is 0 Å². The van der Waals surface area contributed by atoms with E-state index in [1.807, 2.05) is 31.2 Å². The summed E-state index contributed by atoms with van der Waals surface area (Å²) in [7, 11) is 0. The van der Waals surface area contributed by atoms with Gasteiger partial charge in [-0.3, -0.25) is 9.59 Å². The number of hydrogen-bond donors (Lipinski definition) is 0. The second-order valence-electron chi connectivity index (χ2n) is 5.56. The van der Waals surface area contributed by atoms with Crippen LogP contribution in [0.4, 0.5) is 10.5 Å². The van der Waals surface area contributed by atoms with Gasteiger partial charge in [-0.25, -0.2) is 4.90 Å². The minimum atomic E-state index is -0.379. The fraction of sp³-hybridized carbons (Fsp3) is 0.143. The van der Waals surface area contributed by atoms with Crippen molar-refractivity contribution in [1.82, 2.24) is 0 Å². The van der Waals surface area contributed by atoms with Gasteiger partial charge in [0.2, 0.25) is 0 Å². The molecule has 2 aromatic carbocycles. The fourth-order valence-corrected chi connectivity index (χ4v) is 3.44. The minimum absolute atomic E-state index is 0.334. The second-order valence-corrected chi connectivity index (χ2v) is 6.55. The van der Waals surface area contributed by atoms with Crippen LogP contribution >= 0.6 is 11.8 Å². The first-order valence-electron chi connectivity index (χ1n) is 8.48. The summed E-state index contributed by atoms with van der Waals surface area (Å²) in [4.78, 5) is 26.9. The first kappa shape index (κ1) is 18.8. The van der Waals surface area contributed by atoms with Crippen molar-refractivity contribution in [1.29, 1.82) is 0 Å². The monoisotopic (exact) mass is 381 g/mol. The molecule has 0 bridgehead atoms. The zero-order chi connectivity index (χ0) is 19.2. The van der Waals surface area contributed by atoms with Gasteiger partial charge in [-0.2, -0.15) is 0 Å². The van der Waals surface area contributed by atoms with Crippen molar-refractivity contribution in [3.05, 3.63) is 71.7 Å². The number of amides is 2. The van der Waals surface area contributed by atoms with Crippen molar-refractivity contribution in [3.8, 4) is 11.5 Å². The topological polar surface area (TPSA) is 55.8 Å². The zero-order valence-corrected chi connectivity index (χ0v) is 15.7. The van der Waals surface area contributed by atoms with E-state index in [2.05, 4.69) is 6.58 Å². The zero-order valence-electron chi connectivity index (χ0n) is 14.9. The highest BCUT2D eigenvalue weighted by atomic mass is 32.2. The van der Waals surface area contributed by atoms with Gasteiger partial charge in [0.25, 0.3) is 11.1 Å². The van der Waals surface area contributed by atoms with Crippen LogP contribution in [0.1, 0.15) is 12.5 Å². The van der Waals surface area contributed by atoms with E-state index < -0.39 is 0 Å². The predicted octanol–water partition coefficient (Wildman–Crippen LogP) is 4.89.